The minimum absolute atomic E-state index is 0.597. The first-order valence-corrected chi connectivity index (χ1v) is 7.00. The zero-order chi connectivity index (χ0) is 11.6. The Bertz CT molecular complexity index is 477. The third kappa shape index (κ3) is 1.18. The van der Waals surface area contributed by atoms with Crippen molar-refractivity contribution in [3.63, 3.8) is 0 Å². The van der Waals surface area contributed by atoms with Gasteiger partial charge in [-0.25, -0.2) is 0 Å². The Kier molecular flexibility index (Phi) is 2.00. The van der Waals surface area contributed by atoms with Crippen molar-refractivity contribution in [2.24, 2.45) is 5.92 Å². The van der Waals surface area contributed by atoms with Crippen LogP contribution in [0, 0.1) is 5.92 Å². The van der Waals surface area contributed by atoms with Gasteiger partial charge in [-0.15, -0.1) is 0 Å². The molecule has 1 heteroatoms. The summed E-state index contributed by atoms with van der Waals surface area (Å²) in [5.74, 6) is 3.19. The maximum absolute atomic E-state index is 5.67. The molecule has 2 bridgehead atoms. The number of hydrogen-bond acceptors (Lipinski definition) is 1. The van der Waals surface area contributed by atoms with Gasteiger partial charge in [0, 0.05) is 5.92 Å². The number of benzene rings is 1. The molecule has 2 aliphatic carbocycles. The SMILES string of the molecule is CC1COCc2ccc3c(c21)[C@H]1CC[C@@H]3[C@@H]1C. The lowest BCUT2D eigenvalue weighted by Crippen LogP contribution is -2.18. The number of hydrogen-bond donors (Lipinski definition) is 0. The van der Waals surface area contributed by atoms with Crippen LogP contribution in [0.3, 0.4) is 0 Å². The van der Waals surface area contributed by atoms with Crippen molar-refractivity contribution >= 4 is 0 Å². The largest absolute Gasteiger partial charge is 0.376 e. The molecule has 0 amide bonds. The zero-order valence-corrected chi connectivity index (χ0v) is 10.7. The van der Waals surface area contributed by atoms with Crippen molar-refractivity contribution < 1.29 is 4.74 Å². The maximum Gasteiger partial charge on any atom is 0.0720 e. The van der Waals surface area contributed by atoms with E-state index in [2.05, 4.69) is 26.0 Å². The van der Waals surface area contributed by atoms with Gasteiger partial charge in [-0.05, 0) is 52.8 Å². The number of rotatable bonds is 0. The van der Waals surface area contributed by atoms with Crippen LogP contribution in [0.1, 0.15) is 66.7 Å². The summed E-state index contributed by atoms with van der Waals surface area (Å²) in [6, 6.07) is 4.73. The highest BCUT2D eigenvalue weighted by molar-refractivity contribution is 5.52. The Balaban J connectivity index is 1.96. The van der Waals surface area contributed by atoms with Crippen LogP contribution < -0.4 is 0 Å². The normalized spacial score (nSPS) is 38.0. The van der Waals surface area contributed by atoms with Crippen molar-refractivity contribution in [3.8, 4) is 0 Å². The van der Waals surface area contributed by atoms with Crippen LogP contribution in [0.5, 0.6) is 0 Å². The molecule has 1 heterocycles. The molecule has 90 valence electrons. The predicted molar refractivity (Wildman–Crippen MR) is 68.4 cm³/mol. The Labute approximate surface area is 103 Å². The fourth-order valence-corrected chi connectivity index (χ4v) is 4.58. The van der Waals surface area contributed by atoms with Gasteiger partial charge >= 0.3 is 0 Å². The van der Waals surface area contributed by atoms with E-state index in [0.29, 0.717) is 5.92 Å². The molecule has 4 rings (SSSR count). The molecule has 0 N–H and O–H groups in total. The van der Waals surface area contributed by atoms with E-state index in [9.17, 15) is 0 Å². The lowest BCUT2D eigenvalue weighted by molar-refractivity contribution is 0.0945. The summed E-state index contributed by atoms with van der Waals surface area (Å²) in [6.45, 7) is 6.53. The van der Waals surface area contributed by atoms with Gasteiger partial charge in [0.25, 0.3) is 0 Å². The van der Waals surface area contributed by atoms with Crippen molar-refractivity contribution in [2.75, 3.05) is 6.61 Å². The molecule has 0 saturated heterocycles. The molecule has 0 aromatic heterocycles. The average Bonchev–Trinajstić information content (AvgIpc) is 2.83. The molecule has 1 saturated carbocycles. The molecule has 1 nitrogen and oxygen atoms in total. The van der Waals surface area contributed by atoms with E-state index >= 15 is 0 Å². The second-order valence-corrected chi connectivity index (χ2v) is 6.21. The Hall–Kier alpha value is -0.820. The minimum Gasteiger partial charge on any atom is -0.376 e. The van der Waals surface area contributed by atoms with E-state index < -0.39 is 0 Å². The van der Waals surface area contributed by atoms with E-state index in [1.165, 1.54) is 18.4 Å². The fourth-order valence-electron chi connectivity index (χ4n) is 4.58. The van der Waals surface area contributed by atoms with Crippen LogP contribution in [0.4, 0.5) is 0 Å². The van der Waals surface area contributed by atoms with E-state index in [0.717, 1.165) is 31.0 Å². The molecule has 0 spiro atoms. The van der Waals surface area contributed by atoms with E-state index in [1.54, 1.807) is 16.7 Å². The summed E-state index contributed by atoms with van der Waals surface area (Å²) in [4.78, 5) is 0. The summed E-state index contributed by atoms with van der Waals surface area (Å²) >= 11 is 0. The first kappa shape index (κ1) is 10.1. The molecule has 1 aromatic carbocycles. The van der Waals surface area contributed by atoms with Crippen LogP contribution in [0.25, 0.3) is 0 Å². The summed E-state index contributed by atoms with van der Waals surface area (Å²) in [5.41, 5.74) is 6.54. The van der Waals surface area contributed by atoms with Crippen LogP contribution in [0.15, 0.2) is 12.1 Å². The van der Waals surface area contributed by atoms with Gasteiger partial charge in [-0.2, -0.15) is 0 Å². The Morgan fingerprint density at radius 3 is 2.76 bits per heavy atom. The van der Waals surface area contributed by atoms with Crippen molar-refractivity contribution in [2.45, 2.75) is 51.0 Å². The highest BCUT2D eigenvalue weighted by Crippen LogP contribution is 2.59. The molecule has 1 fully saturated rings. The predicted octanol–water partition coefficient (Wildman–Crippen LogP) is 3.93. The summed E-state index contributed by atoms with van der Waals surface area (Å²) in [7, 11) is 0. The Morgan fingerprint density at radius 2 is 1.88 bits per heavy atom. The van der Waals surface area contributed by atoms with Gasteiger partial charge in [-0.1, -0.05) is 26.0 Å². The number of ether oxygens (including phenoxy) is 1. The first-order valence-electron chi connectivity index (χ1n) is 7.00. The topological polar surface area (TPSA) is 9.23 Å². The second kappa shape index (κ2) is 3.35. The van der Waals surface area contributed by atoms with Gasteiger partial charge in [0.1, 0.15) is 0 Å². The molecule has 0 radical (unpaired) electrons. The van der Waals surface area contributed by atoms with Crippen molar-refractivity contribution in [1.82, 2.24) is 0 Å². The molecule has 1 aliphatic heterocycles. The molecule has 17 heavy (non-hydrogen) atoms. The first-order chi connectivity index (χ1) is 8.27. The van der Waals surface area contributed by atoms with Gasteiger partial charge in [0.15, 0.2) is 0 Å². The zero-order valence-electron chi connectivity index (χ0n) is 10.7. The second-order valence-electron chi connectivity index (χ2n) is 6.21. The summed E-state index contributed by atoms with van der Waals surface area (Å²) < 4.78 is 5.67. The highest BCUT2D eigenvalue weighted by atomic mass is 16.5. The molecule has 4 atom stereocenters. The molecule has 1 unspecified atom stereocenters. The number of fused-ring (bicyclic) bond motifs is 7. The van der Waals surface area contributed by atoms with Crippen LogP contribution >= 0.6 is 0 Å². The quantitative estimate of drug-likeness (QED) is 0.653. The van der Waals surface area contributed by atoms with Crippen LogP contribution in [0.2, 0.25) is 0 Å². The third-order valence-corrected chi connectivity index (χ3v) is 5.36. The van der Waals surface area contributed by atoms with Crippen LogP contribution in [-0.2, 0) is 11.3 Å². The van der Waals surface area contributed by atoms with E-state index in [4.69, 9.17) is 4.74 Å². The summed E-state index contributed by atoms with van der Waals surface area (Å²) in [6.07, 6.45) is 2.84. The Morgan fingerprint density at radius 1 is 1.06 bits per heavy atom. The average molecular weight is 228 g/mol. The minimum atomic E-state index is 0.597. The molecule has 3 aliphatic rings. The lowest BCUT2D eigenvalue weighted by Gasteiger charge is -2.29. The van der Waals surface area contributed by atoms with Crippen molar-refractivity contribution in [3.05, 3.63) is 34.4 Å². The van der Waals surface area contributed by atoms with E-state index in [1.807, 2.05) is 0 Å². The van der Waals surface area contributed by atoms with Crippen LogP contribution in [-0.4, -0.2) is 6.61 Å². The van der Waals surface area contributed by atoms with Gasteiger partial charge in [0.2, 0.25) is 0 Å². The fraction of sp³-hybridized carbons (Fsp3) is 0.625. The summed E-state index contributed by atoms with van der Waals surface area (Å²) in [5, 5.41) is 0. The molecular weight excluding hydrogens is 208 g/mol. The maximum atomic E-state index is 5.67. The standard InChI is InChI=1S/C16H20O/c1-9-7-17-8-11-3-4-14-12-5-6-13(10(12)2)16(14)15(9)11/h3-4,9-10,12-13H,5-8H2,1-2H3/t9?,10-,12+,13-/m0/s1. The monoisotopic (exact) mass is 228 g/mol. The lowest BCUT2D eigenvalue weighted by atomic mass is 9.81. The van der Waals surface area contributed by atoms with Gasteiger partial charge in [-0.3, -0.25) is 0 Å². The highest BCUT2D eigenvalue weighted by Gasteiger charge is 2.45. The van der Waals surface area contributed by atoms with E-state index in [-0.39, 0.29) is 0 Å². The van der Waals surface area contributed by atoms with Gasteiger partial charge in [0.05, 0.1) is 13.2 Å². The molecule has 1 aromatic rings. The van der Waals surface area contributed by atoms with Crippen molar-refractivity contribution in [1.29, 1.82) is 0 Å². The molecular formula is C16H20O. The third-order valence-electron chi connectivity index (χ3n) is 5.36. The smallest absolute Gasteiger partial charge is 0.0720 e. The van der Waals surface area contributed by atoms with Gasteiger partial charge < -0.3 is 4.74 Å².